The van der Waals surface area contributed by atoms with E-state index in [1.54, 1.807) is 24.5 Å². The molecule has 3 rings (SSSR count). The maximum Gasteiger partial charge on any atom is 0.163 e. The molecular formula is C16H14F2N2S. The molecule has 1 aromatic heterocycles. The molecule has 5 heteroatoms. The van der Waals surface area contributed by atoms with Gasteiger partial charge < -0.3 is 5.32 Å². The van der Waals surface area contributed by atoms with Crippen molar-refractivity contribution < 1.29 is 8.78 Å². The molecular weight excluding hydrogens is 290 g/mol. The number of hydrogen-bond acceptors (Lipinski definition) is 3. The van der Waals surface area contributed by atoms with Gasteiger partial charge in [-0.1, -0.05) is 24.3 Å². The molecule has 2 nitrogen and oxygen atoms in total. The number of thiazole rings is 1. The Morgan fingerprint density at radius 1 is 1.14 bits per heavy atom. The Labute approximate surface area is 125 Å². The molecule has 3 aromatic rings. The van der Waals surface area contributed by atoms with Crippen molar-refractivity contribution in [3.63, 3.8) is 0 Å². The maximum atomic E-state index is 13.9. The van der Waals surface area contributed by atoms with E-state index in [9.17, 15) is 8.78 Å². The third kappa shape index (κ3) is 2.80. The Bertz CT molecular complexity index is 737. The van der Waals surface area contributed by atoms with Crippen LogP contribution in [0.3, 0.4) is 0 Å². The number of para-hydroxylation sites is 1. The molecule has 0 radical (unpaired) electrons. The second kappa shape index (κ2) is 5.87. The lowest BCUT2D eigenvalue weighted by atomic mass is 10.0. The first-order valence-electron chi connectivity index (χ1n) is 6.64. The quantitative estimate of drug-likeness (QED) is 0.785. The van der Waals surface area contributed by atoms with E-state index >= 15 is 0 Å². The summed E-state index contributed by atoms with van der Waals surface area (Å²) in [5.74, 6) is -1.62. The van der Waals surface area contributed by atoms with Crippen molar-refractivity contribution in [2.45, 2.75) is 12.5 Å². The summed E-state index contributed by atoms with van der Waals surface area (Å²) >= 11 is 1.58. The van der Waals surface area contributed by atoms with Crippen molar-refractivity contribution in [1.29, 1.82) is 0 Å². The topological polar surface area (TPSA) is 24.9 Å². The molecule has 0 aliphatic heterocycles. The normalized spacial score (nSPS) is 12.7. The molecule has 1 N–H and O–H groups in total. The summed E-state index contributed by atoms with van der Waals surface area (Å²) in [4.78, 5) is 4.54. The molecule has 0 spiro atoms. The largest absolute Gasteiger partial charge is 0.313 e. The molecule has 1 heterocycles. The molecule has 21 heavy (non-hydrogen) atoms. The van der Waals surface area contributed by atoms with Crippen LogP contribution in [-0.2, 0) is 6.42 Å². The molecule has 0 aliphatic rings. The minimum atomic E-state index is -0.822. The van der Waals surface area contributed by atoms with Gasteiger partial charge in [0.05, 0.1) is 15.2 Å². The third-order valence-corrected chi connectivity index (χ3v) is 4.48. The van der Waals surface area contributed by atoms with Gasteiger partial charge in [-0.05, 0) is 25.2 Å². The number of halogens is 2. The van der Waals surface area contributed by atoms with Crippen LogP contribution >= 0.6 is 11.3 Å². The van der Waals surface area contributed by atoms with Gasteiger partial charge in [-0.3, -0.25) is 0 Å². The van der Waals surface area contributed by atoms with Crippen LogP contribution in [0.15, 0.2) is 42.5 Å². The van der Waals surface area contributed by atoms with Crippen molar-refractivity contribution in [3.05, 3.63) is 64.7 Å². The fourth-order valence-electron chi connectivity index (χ4n) is 2.34. The van der Waals surface area contributed by atoms with Crippen LogP contribution in [0.1, 0.15) is 16.6 Å². The zero-order valence-corrected chi connectivity index (χ0v) is 12.3. The van der Waals surface area contributed by atoms with Crippen molar-refractivity contribution in [2.24, 2.45) is 0 Å². The standard InChI is InChI=1S/C16H14F2N2S/c1-19-13(10-5-4-6-11(17)16(10)18)9-15-20-12-7-2-3-8-14(12)21-15/h2-8,13,19H,9H2,1H3. The van der Waals surface area contributed by atoms with Crippen LogP contribution < -0.4 is 5.32 Å². The molecule has 0 saturated heterocycles. The van der Waals surface area contributed by atoms with Crippen molar-refractivity contribution in [3.8, 4) is 0 Å². The molecule has 1 atom stereocenters. The van der Waals surface area contributed by atoms with Crippen LogP contribution in [0.2, 0.25) is 0 Å². The molecule has 1 unspecified atom stereocenters. The first kappa shape index (κ1) is 14.1. The number of likely N-dealkylation sites (N-methyl/N-ethyl adjacent to an activating group) is 1. The number of fused-ring (bicyclic) bond motifs is 1. The summed E-state index contributed by atoms with van der Waals surface area (Å²) in [6, 6.07) is 11.8. The summed E-state index contributed by atoms with van der Waals surface area (Å²) in [6.07, 6.45) is 0.524. The number of nitrogens with one attached hydrogen (secondary N) is 1. The van der Waals surface area contributed by atoms with Crippen LogP contribution in [0, 0.1) is 11.6 Å². The van der Waals surface area contributed by atoms with Crippen molar-refractivity contribution in [2.75, 3.05) is 7.05 Å². The van der Waals surface area contributed by atoms with Gasteiger partial charge in [0.25, 0.3) is 0 Å². The van der Waals surface area contributed by atoms with Crippen LogP contribution in [-0.4, -0.2) is 12.0 Å². The van der Waals surface area contributed by atoms with E-state index in [1.807, 2.05) is 24.3 Å². The summed E-state index contributed by atoms with van der Waals surface area (Å²) in [5, 5.41) is 3.94. The lowest BCUT2D eigenvalue weighted by Gasteiger charge is -2.16. The highest BCUT2D eigenvalue weighted by Crippen LogP contribution is 2.27. The number of hydrogen-bond donors (Lipinski definition) is 1. The van der Waals surface area contributed by atoms with Crippen LogP contribution in [0.5, 0.6) is 0 Å². The summed E-state index contributed by atoms with van der Waals surface area (Å²) in [6.45, 7) is 0. The molecule has 0 amide bonds. The van der Waals surface area contributed by atoms with Gasteiger partial charge in [0, 0.05) is 18.0 Å². The smallest absolute Gasteiger partial charge is 0.163 e. The van der Waals surface area contributed by atoms with E-state index in [-0.39, 0.29) is 6.04 Å². The number of nitrogens with zero attached hydrogens (tertiary/aromatic N) is 1. The highest BCUT2D eigenvalue weighted by molar-refractivity contribution is 7.18. The van der Waals surface area contributed by atoms with E-state index in [4.69, 9.17) is 0 Å². The zero-order chi connectivity index (χ0) is 14.8. The van der Waals surface area contributed by atoms with E-state index in [1.165, 1.54) is 6.07 Å². The Morgan fingerprint density at radius 3 is 2.71 bits per heavy atom. The fourth-order valence-corrected chi connectivity index (χ4v) is 3.35. The van der Waals surface area contributed by atoms with Crippen LogP contribution in [0.4, 0.5) is 8.78 Å². The monoisotopic (exact) mass is 304 g/mol. The second-order valence-electron chi connectivity index (χ2n) is 4.76. The fraction of sp³-hybridized carbons (Fsp3) is 0.188. The SMILES string of the molecule is CNC(Cc1nc2ccccc2s1)c1cccc(F)c1F. The van der Waals surface area contributed by atoms with Gasteiger partial charge in [-0.25, -0.2) is 13.8 Å². The van der Waals surface area contributed by atoms with E-state index in [2.05, 4.69) is 10.3 Å². The van der Waals surface area contributed by atoms with Gasteiger partial charge >= 0.3 is 0 Å². The lowest BCUT2D eigenvalue weighted by molar-refractivity contribution is 0.473. The van der Waals surface area contributed by atoms with E-state index < -0.39 is 11.6 Å². The maximum absolute atomic E-state index is 13.9. The molecule has 108 valence electrons. The first-order chi connectivity index (χ1) is 10.2. The van der Waals surface area contributed by atoms with E-state index in [0.29, 0.717) is 12.0 Å². The molecule has 2 aromatic carbocycles. The van der Waals surface area contributed by atoms with Crippen molar-refractivity contribution in [1.82, 2.24) is 10.3 Å². The summed E-state index contributed by atoms with van der Waals surface area (Å²) in [5.41, 5.74) is 1.27. The first-order valence-corrected chi connectivity index (χ1v) is 7.46. The van der Waals surface area contributed by atoms with Crippen LogP contribution in [0.25, 0.3) is 10.2 Å². The highest BCUT2D eigenvalue weighted by atomic mass is 32.1. The summed E-state index contributed by atoms with van der Waals surface area (Å²) < 4.78 is 28.4. The van der Waals surface area contributed by atoms with Gasteiger partial charge in [0.1, 0.15) is 0 Å². The predicted octanol–water partition coefficient (Wildman–Crippen LogP) is 4.08. The molecule has 0 bridgehead atoms. The number of aromatic nitrogens is 1. The highest BCUT2D eigenvalue weighted by Gasteiger charge is 2.18. The number of benzene rings is 2. The summed E-state index contributed by atoms with van der Waals surface area (Å²) in [7, 11) is 1.74. The zero-order valence-electron chi connectivity index (χ0n) is 11.4. The minimum absolute atomic E-state index is 0.304. The Hall–Kier alpha value is -1.85. The average molecular weight is 304 g/mol. The van der Waals surface area contributed by atoms with E-state index in [0.717, 1.165) is 21.3 Å². The second-order valence-corrected chi connectivity index (χ2v) is 5.88. The molecule has 0 saturated carbocycles. The van der Waals surface area contributed by atoms with Gasteiger partial charge in [-0.2, -0.15) is 0 Å². The Morgan fingerprint density at radius 2 is 1.95 bits per heavy atom. The lowest BCUT2D eigenvalue weighted by Crippen LogP contribution is -2.20. The Balaban J connectivity index is 1.92. The molecule has 0 fully saturated rings. The van der Waals surface area contributed by atoms with Gasteiger partial charge in [0.15, 0.2) is 11.6 Å². The Kier molecular flexibility index (Phi) is 3.94. The van der Waals surface area contributed by atoms with Gasteiger partial charge in [0.2, 0.25) is 0 Å². The predicted molar refractivity (Wildman–Crippen MR) is 81.5 cm³/mol. The third-order valence-electron chi connectivity index (χ3n) is 3.42. The average Bonchev–Trinajstić information content (AvgIpc) is 2.90. The molecule has 0 aliphatic carbocycles. The van der Waals surface area contributed by atoms with Gasteiger partial charge in [-0.15, -0.1) is 11.3 Å². The van der Waals surface area contributed by atoms with Crippen molar-refractivity contribution >= 4 is 21.6 Å². The number of rotatable bonds is 4. The minimum Gasteiger partial charge on any atom is -0.313 e.